The van der Waals surface area contributed by atoms with Gasteiger partial charge >= 0.3 is 5.97 Å². The van der Waals surface area contributed by atoms with Crippen molar-refractivity contribution in [1.29, 1.82) is 0 Å². The highest BCUT2D eigenvalue weighted by atomic mass is 16.4. The van der Waals surface area contributed by atoms with Crippen molar-refractivity contribution in [3.63, 3.8) is 0 Å². The smallest absolute Gasteiger partial charge is 0.307 e. The molecule has 0 saturated carbocycles. The highest BCUT2D eigenvalue weighted by Crippen LogP contribution is 2.25. The minimum Gasteiger partial charge on any atom is -0.481 e. The summed E-state index contributed by atoms with van der Waals surface area (Å²) in [5.74, 6) is -0.618. The third-order valence-corrected chi connectivity index (χ3v) is 3.35. The van der Waals surface area contributed by atoms with Crippen LogP contribution in [0.25, 0.3) is 22.3 Å². The number of anilines is 1. The number of fused-ring (bicyclic) bond motifs is 1. The number of para-hydroxylation sites is 1. The Morgan fingerprint density at radius 2 is 1.91 bits per heavy atom. The van der Waals surface area contributed by atoms with Crippen molar-refractivity contribution in [3.8, 4) is 11.3 Å². The van der Waals surface area contributed by atoms with Crippen LogP contribution in [0, 0.1) is 0 Å². The number of nitrogen functional groups attached to an aromatic ring is 1. The first kappa shape index (κ1) is 13.9. The molecule has 1 heterocycles. The first-order chi connectivity index (χ1) is 10.5. The fourth-order valence-corrected chi connectivity index (χ4v) is 2.37. The van der Waals surface area contributed by atoms with E-state index in [1.54, 1.807) is 42.5 Å². The zero-order valence-electron chi connectivity index (χ0n) is 11.6. The molecule has 0 bridgehead atoms. The van der Waals surface area contributed by atoms with Crippen molar-refractivity contribution >= 4 is 22.6 Å². The summed E-state index contributed by atoms with van der Waals surface area (Å²) < 4.78 is 5.80. The van der Waals surface area contributed by atoms with E-state index in [0.717, 1.165) is 0 Å². The number of hydrogen-bond acceptors (Lipinski definition) is 4. The minimum atomic E-state index is -0.982. The molecule has 0 saturated heterocycles. The van der Waals surface area contributed by atoms with E-state index in [2.05, 4.69) is 0 Å². The van der Waals surface area contributed by atoms with Crippen molar-refractivity contribution in [2.24, 2.45) is 0 Å². The molecular weight excluding hydrogens is 282 g/mol. The predicted molar refractivity (Wildman–Crippen MR) is 83.7 cm³/mol. The number of carboxylic acids is 1. The third-order valence-electron chi connectivity index (χ3n) is 3.35. The van der Waals surface area contributed by atoms with Gasteiger partial charge in [0.15, 0.2) is 5.43 Å². The first-order valence-electron chi connectivity index (χ1n) is 6.68. The fourth-order valence-electron chi connectivity index (χ4n) is 2.37. The maximum Gasteiger partial charge on any atom is 0.307 e. The number of nitrogens with two attached hydrogens (primary N) is 1. The maximum absolute atomic E-state index is 12.3. The molecule has 0 amide bonds. The topological polar surface area (TPSA) is 93.5 Å². The molecule has 2 aromatic carbocycles. The summed E-state index contributed by atoms with van der Waals surface area (Å²) in [6.07, 6.45) is -0.208. The molecule has 3 rings (SSSR count). The van der Waals surface area contributed by atoms with Gasteiger partial charge in [-0.25, -0.2) is 0 Å². The molecule has 0 radical (unpaired) electrons. The van der Waals surface area contributed by atoms with Gasteiger partial charge < -0.3 is 15.3 Å². The van der Waals surface area contributed by atoms with E-state index >= 15 is 0 Å². The molecule has 5 heteroatoms. The molecule has 5 nitrogen and oxygen atoms in total. The quantitative estimate of drug-likeness (QED) is 0.724. The number of carboxylic acid groups (broad SMARTS) is 1. The van der Waals surface area contributed by atoms with E-state index in [1.807, 2.05) is 0 Å². The Kier molecular flexibility index (Phi) is 3.39. The van der Waals surface area contributed by atoms with Crippen LogP contribution in [0.3, 0.4) is 0 Å². The Labute approximate surface area is 125 Å². The summed E-state index contributed by atoms with van der Waals surface area (Å²) in [6, 6.07) is 13.3. The van der Waals surface area contributed by atoms with Crippen LogP contribution in [0.1, 0.15) is 5.56 Å². The van der Waals surface area contributed by atoms with Gasteiger partial charge in [-0.05, 0) is 18.2 Å². The van der Waals surface area contributed by atoms with Crippen LogP contribution in [0.4, 0.5) is 5.69 Å². The Morgan fingerprint density at radius 3 is 2.64 bits per heavy atom. The Morgan fingerprint density at radius 1 is 1.14 bits per heavy atom. The van der Waals surface area contributed by atoms with E-state index < -0.39 is 5.97 Å². The van der Waals surface area contributed by atoms with Gasteiger partial charge in [-0.3, -0.25) is 9.59 Å². The van der Waals surface area contributed by atoms with Gasteiger partial charge in [0.2, 0.25) is 0 Å². The molecule has 0 fully saturated rings. The normalized spacial score (nSPS) is 10.7. The molecule has 0 atom stereocenters. The second-order valence-electron chi connectivity index (χ2n) is 4.96. The first-order valence-corrected chi connectivity index (χ1v) is 6.68. The van der Waals surface area contributed by atoms with E-state index in [0.29, 0.717) is 33.5 Å². The van der Waals surface area contributed by atoms with E-state index in [-0.39, 0.29) is 11.8 Å². The van der Waals surface area contributed by atoms with Crippen molar-refractivity contribution in [2.45, 2.75) is 6.42 Å². The highest BCUT2D eigenvalue weighted by molar-refractivity contribution is 5.85. The highest BCUT2D eigenvalue weighted by Gasteiger charge is 2.12. The summed E-state index contributed by atoms with van der Waals surface area (Å²) in [5.41, 5.74) is 7.52. The minimum absolute atomic E-state index is 0.208. The van der Waals surface area contributed by atoms with E-state index in [9.17, 15) is 9.59 Å². The van der Waals surface area contributed by atoms with Crippen molar-refractivity contribution in [3.05, 3.63) is 64.3 Å². The zero-order valence-corrected chi connectivity index (χ0v) is 11.6. The van der Waals surface area contributed by atoms with Crippen molar-refractivity contribution in [2.75, 3.05) is 5.73 Å². The largest absolute Gasteiger partial charge is 0.481 e. The fraction of sp³-hybridized carbons (Fsp3) is 0.0588. The molecule has 0 aliphatic carbocycles. The summed E-state index contributed by atoms with van der Waals surface area (Å²) in [7, 11) is 0. The summed E-state index contributed by atoms with van der Waals surface area (Å²) in [4.78, 5) is 23.2. The molecule has 3 N–H and O–H groups in total. The Bertz CT molecular complexity index is 927. The Hall–Kier alpha value is -3.08. The SMILES string of the molecule is Nc1cccc(-c2cc(=O)c3cccc(CC(=O)O)c3o2)c1. The van der Waals surface area contributed by atoms with Gasteiger partial charge in [0.1, 0.15) is 11.3 Å². The van der Waals surface area contributed by atoms with Crippen molar-refractivity contribution < 1.29 is 14.3 Å². The van der Waals surface area contributed by atoms with Crippen LogP contribution in [0.15, 0.2) is 57.7 Å². The lowest BCUT2D eigenvalue weighted by molar-refractivity contribution is -0.136. The van der Waals surface area contributed by atoms with Crippen LogP contribution in [-0.2, 0) is 11.2 Å². The predicted octanol–water partition coefficient (Wildman–Crippen LogP) is 2.67. The summed E-state index contributed by atoms with van der Waals surface area (Å²) in [6.45, 7) is 0. The summed E-state index contributed by atoms with van der Waals surface area (Å²) in [5, 5.41) is 9.35. The number of aliphatic carboxylic acids is 1. The molecule has 110 valence electrons. The van der Waals surface area contributed by atoms with Crippen LogP contribution >= 0.6 is 0 Å². The van der Waals surface area contributed by atoms with Gasteiger partial charge in [-0.15, -0.1) is 0 Å². The number of benzene rings is 2. The number of hydrogen-bond donors (Lipinski definition) is 2. The molecule has 22 heavy (non-hydrogen) atoms. The van der Waals surface area contributed by atoms with Gasteiger partial charge in [-0.1, -0.05) is 24.3 Å². The molecule has 1 aromatic heterocycles. The second kappa shape index (κ2) is 5.37. The monoisotopic (exact) mass is 295 g/mol. The lowest BCUT2D eigenvalue weighted by Crippen LogP contribution is -2.05. The van der Waals surface area contributed by atoms with E-state index in [4.69, 9.17) is 15.3 Å². The van der Waals surface area contributed by atoms with Crippen molar-refractivity contribution in [1.82, 2.24) is 0 Å². The van der Waals surface area contributed by atoms with Gasteiger partial charge in [-0.2, -0.15) is 0 Å². The van der Waals surface area contributed by atoms with E-state index in [1.165, 1.54) is 6.07 Å². The summed E-state index contributed by atoms with van der Waals surface area (Å²) >= 11 is 0. The van der Waals surface area contributed by atoms with Gasteiger partial charge in [0, 0.05) is 22.9 Å². The number of rotatable bonds is 3. The average Bonchev–Trinajstić information content (AvgIpc) is 2.47. The molecule has 0 aliphatic heterocycles. The van der Waals surface area contributed by atoms with Gasteiger partial charge in [0.05, 0.1) is 11.8 Å². The zero-order chi connectivity index (χ0) is 15.7. The number of carbonyl (C=O) groups is 1. The molecule has 0 aliphatic rings. The van der Waals surface area contributed by atoms with Crippen LogP contribution in [0.5, 0.6) is 0 Å². The van der Waals surface area contributed by atoms with Crippen LogP contribution in [-0.4, -0.2) is 11.1 Å². The van der Waals surface area contributed by atoms with Gasteiger partial charge in [0.25, 0.3) is 0 Å². The lowest BCUT2D eigenvalue weighted by Gasteiger charge is -2.07. The molecule has 0 spiro atoms. The average molecular weight is 295 g/mol. The second-order valence-corrected chi connectivity index (χ2v) is 4.96. The molecular formula is C17H13NO4. The molecule has 3 aromatic rings. The standard InChI is InChI=1S/C17H13NO4/c18-12-5-1-3-10(7-12)15-9-14(19)13-6-2-4-11(8-16(20)21)17(13)22-15/h1-7,9H,8,18H2,(H,20,21). The van der Waals surface area contributed by atoms with Crippen LogP contribution < -0.4 is 11.2 Å². The lowest BCUT2D eigenvalue weighted by atomic mass is 10.1. The Balaban J connectivity index is 2.26. The van der Waals surface area contributed by atoms with Crippen LogP contribution in [0.2, 0.25) is 0 Å². The third kappa shape index (κ3) is 2.56. The maximum atomic E-state index is 12.3. The molecule has 0 unspecified atom stereocenters.